The van der Waals surface area contributed by atoms with E-state index in [0.717, 1.165) is 32.1 Å². The molecular weight excluding hydrogens is 372 g/mol. The minimum Gasteiger partial charge on any atom is -0.508 e. The van der Waals surface area contributed by atoms with Crippen LogP contribution in [0.1, 0.15) is 102 Å². The van der Waals surface area contributed by atoms with Crippen LogP contribution in [-0.4, -0.2) is 16.7 Å². The van der Waals surface area contributed by atoms with E-state index in [2.05, 4.69) is 30.4 Å². The second-order valence-corrected chi connectivity index (χ2v) is 10.1. The third kappa shape index (κ3) is 4.15. The van der Waals surface area contributed by atoms with E-state index in [9.17, 15) is 9.90 Å². The number of carbonyl (C=O) groups is 1. The van der Waals surface area contributed by atoms with Gasteiger partial charge >= 0.3 is 0 Å². The number of carbonyl (C=O) groups excluding carboxylic acids is 1. The van der Waals surface area contributed by atoms with Gasteiger partial charge in [0.25, 0.3) is 0 Å². The minimum atomic E-state index is 0.0751. The Kier molecular flexibility index (Phi) is 6.50. The van der Waals surface area contributed by atoms with Crippen molar-refractivity contribution in [2.75, 3.05) is 0 Å². The molecule has 1 aromatic rings. The molecule has 0 aromatic heterocycles. The number of hydrogen-bond acceptors (Lipinski definition) is 3. The Morgan fingerprint density at radius 2 is 2.00 bits per heavy atom. The second-order valence-electron chi connectivity index (χ2n) is 10.1. The lowest BCUT2D eigenvalue weighted by Crippen LogP contribution is -2.43. The Morgan fingerprint density at radius 3 is 2.83 bits per heavy atom. The molecule has 0 unspecified atom stereocenters. The molecule has 0 radical (unpaired) electrons. The summed E-state index contributed by atoms with van der Waals surface area (Å²) < 4.78 is 0. The number of hydrazone groups is 1. The molecule has 1 amide bonds. The van der Waals surface area contributed by atoms with Crippen molar-refractivity contribution in [3.8, 4) is 5.75 Å². The highest BCUT2D eigenvalue weighted by molar-refractivity contribution is 5.93. The third-order valence-electron chi connectivity index (χ3n) is 8.27. The smallest absolute Gasteiger partial charge is 0.240 e. The molecule has 0 bridgehead atoms. The van der Waals surface area contributed by atoms with E-state index in [1.807, 2.05) is 12.1 Å². The van der Waals surface area contributed by atoms with Gasteiger partial charge < -0.3 is 5.11 Å². The number of nitrogens with zero attached hydrogens (tertiary/aromatic N) is 1. The summed E-state index contributed by atoms with van der Waals surface area (Å²) in [5, 5.41) is 14.5. The number of amides is 1. The van der Waals surface area contributed by atoms with Crippen molar-refractivity contribution in [3.05, 3.63) is 29.3 Å². The quantitative estimate of drug-likeness (QED) is 0.422. The molecule has 0 saturated heterocycles. The average molecular weight is 411 g/mol. The van der Waals surface area contributed by atoms with Crippen molar-refractivity contribution in [2.24, 2.45) is 22.4 Å². The van der Waals surface area contributed by atoms with Crippen LogP contribution in [0, 0.1) is 17.3 Å². The molecule has 1 aromatic carbocycles. The van der Waals surface area contributed by atoms with E-state index in [1.165, 1.54) is 55.4 Å². The van der Waals surface area contributed by atoms with Gasteiger partial charge in [-0.25, -0.2) is 5.43 Å². The first-order chi connectivity index (χ1) is 14.5. The lowest BCUT2D eigenvalue weighted by molar-refractivity contribution is -0.121. The Morgan fingerprint density at radius 1 is 1.17 bits per heavy atom. The fourth-order valence-corrected chi connectivity index (χ4v) is 6.62. The highest BCUT2D eigenvalue weighted by Crippen LogP contribution is 2.59. The normalized spacial score (nSPS) is 31.1. The van der Waals surface area contributed by atoms with Gasteiger partial charge in [-0.3, -0.25) is 4.79 Å². The summed E-state index contributed by atoms with van der Waals surface area (Å²) in [7, 11) is 0. The van der Waals surface area contributed by atoms with Crippen molar-refractivity contribution in [1.29, 1.82) is 0 Å². The molecule has 0 spiro atoms. The monoisotopic (exact) mass is 410 g/mol. The van der Waals surface area contributed by atoms with E-state index in [0.29, 0.717) is 29.9 Å². The van der Waals surface area contributed by atoms with Gasteiger partial charge in [0, 0.05) is 17.5 Å². The number of benzene rings is 1. The van der Waals surface area contributed by atoms with Crippen LogP contribution in [0.3, 0.4) is 0 Å². The Bertz CT molecular complexity index is 802. The van der Waals surface area contributed by atoms with Crippen molar-refractivity contribution >= 4 is 11.6 Å². The summed E-state index contributed by atoms with van der Waals surface area (Å²) in [6, 6.07) is 5.99. The molecule has 30 heavy (non-hydrogen) atoms. The van der Waals surface area contributed by atoms with Crippen LogP contribution in [0.2, 0.25) is 0 Å². The number of aromatic hydroxyl groups is 1. The van der Waals surface area contributed by atoms with Crippen molar-refractivity contribution in [1.82, 2.24) is 5.43 Å². The Balaban J connectivity index is 1.38. The van der Waals surface area contributed by atoms with Gasteiger partial charge in [-0.1, -0.05) is 45.6 Å². The number of phenols is 1. The summed E-state index contributed by atoms with van der Waals surface area (Å²) in [6.45, 7) is 4.60. The number of unbranched alkanes of at least 4 members (excludes halogenated alkanes) is 4. The van der Waals surface area contributed by atoms with Crippen LogP contribution >= 0.6 is 0 Å². The van der Waals surface area contributed by atoms with Gasteiger partial charge in [0.1, 0.15) is 5.75 Å². The van der Waals surface area contributed by atoms with E-state index in [4.69, 9.17) is 0 Å². The summed E-state index contributed by atoms with van der Waals surface area (Å²) in [4.78, 5) is 12.3. The predicted molar refractivity (Wildman–Crippen MR) is 122 cm³/mol. The molecule has 164 valence electrons. The number of fused-ring (bicyclic) bond motifs is 5. The highest BCUT2D eigenvalue weighted by Gasteiger charge is 2.53. The molecule has 4 nitrogen and oxygen atoms in total. The number of rotatable bonds is 7. The van der Waals surface area contributed by atoms with Gasteiger partial charge in [-0.2, -0.15) is 5.10 Å². The largest absolute Gasteiger partial charge is 0.508 e. The number of hydrogen-bond donors (Lipinski definition) is 2. The zero-order valence-corrected chi connectivity index (χ0v) is 18.8. The van der Waals surface area contributed by atoms with Gasteiger partial charge in [-0.05, 0) is 86.0 Å². The van der Waals surface area contributed by atoms with E-state index in [1.54, 1.807) is 0 Å². The molecule has 3 aliphatic rings. The van der Waals surface area contributed by atoms with Crippen LogP contribution < -0.4 is 5.43 Å². The maximum atomic E-state index is 12.3. The maximum Gasteiger partial charge on any atom is 0.240 e. The minimum absolute atomic E-state index is 0.0751. The molecule has 3 aliphatic carbocycles. The third-order valence-corrected chi connectivity index (χ3v) is 8.27. The van der Waals surface area contributed by atoms with Crippen LogP contribution in [0.25, 0.3) is 0 Å². The van der Waals surface area contributed by atoms with Gasteiger partial charge in [0.2, 0.25) is 5.91 Å². The zero-order chi connectivity index (χ0) is 21.1. The molecule has 0 aliphatic heterocycles. The van der Waals surface area contributed by atoms with Gasteiger partial charge in [0.15, 0.2) is 0 Å². The van der Waals surface area contributed by atoms with Gasteiger partial charge in [-0.15, -0.1) is 0 Å². The summed E-state index contributed by atoms with van der Waals surface area (Å²) in [6.07, 6.45) is 13.2. The molecule has 2 saturated carbocycles. The standard InChI is InChI=1S/C26H38N2O2/c1-3-4-5-6-7-8-25(30)28-27-24-14-13-23-22-11-9-18-17-19(29)10-12-20(18)21(22)15-16-26(23,24)2/h10,12,17,21-23,29H,3-9,11,13-16H2,1-2H3,(H,28,30)/b27-24-/t21-,22-,23-,26-/m1/s1. The number of phenolic OH excluding ortho intramolecular Hbond substituents is 1. The van der Waals surface area contributed by atoms with Crippen LogP contribution in [0.15, 0.2) is 23.3 Å². The summed E-state index contributed by atoms with van der Waals surface area (Å²) in [5.74, 6) is 2.44. The lowest BCUT2D eigenvalue weighted by atomic mass is 9.55. The molecule has 4 atom stereocenters. The Labute approximate surface area is 181 Å². The summed E-state index contributed by atoms with van der Waals surface area (Å²) >= 11 is 0. The second kappa shape index (κ2) is 9.11. The fraction of sp³-hybridized carbons (Fsp3) is 0.692. The zero-order valence-electron chi connectivity index (χ0n) is 18.8. The first kappa shape index (κ1) is 21.4. The Hall–Kier alpha value is -1.84. The first-order valence-corrected chi connectivity index (χ1v) is 12.2. The van der Waals surface area contributed by atoms with Crippen LogP contribution in [-0.2, 0) is 11.2 Å². The van der Waals surface area contributed by atoms with E-state index >= 15 is 0 Å². The molecular formula is C26H38N2O2. The van der Waals surface area contributed by atoms with Crippen molar-refractivity contribution in [2.45, 2.75) is 96.8 Å². The summed E-state index contributed by atoms with van der Waals surface area (Å²) in [5.41, 5.74) is 7.05. The average Bonchev–Trinajstić information content (AvgIpc) is 3.08. The number of nitrogens with one attached hydrogen (secondary N) is 1. The van der Waals surface area contributed by atoms with Crippen molar-refractivity contribution < 1.29 is 9.90 Å². The van der Waals surface area contributed by atoms with Crippen LogP contribution in [0.4, 0.5) is 0 Å². The fourth-order valence-electron chi connectivity index (χ4n) is 6.62. The maximum absolute atomic E-state index is 12.3. The SMILES string of the molecule is CCCCCCCC(=O)N/N=C1/CC[C@@H]2[C@@H]3CCc4cc(O)ccc4[C@H]3CC[C@@]12C. The molecule has 0 heterocycles. The molecule has 4 rings (SSSR count). The van der Waals surface area contributed by atoms with Crippen molar-refractivity contribution in [3.63, 3.8) is 0 Å². The molecule has 2 fully saturated rings. The topological polar surface area (TPSA) is 61.7 Å². The molecule has 4 heteroatoms. The van der Waals surface area contributed by atoms with Crippen LogP contribution in [0.5, 0.6) is 5.75 Å². The molecule has 2 N–H and O–H groups in total. The highest BCUT2D eigenvalue weighted by atomic mass is 16.3. The predicted octanol–water partition coefficient (Wildman–Crippen LogP) is 6.08. The van der Waals surface area contributed by atoms with Gasteiger partial charge in [0.05, 0.1) is 0 Å². The number of aryl methyl sites for hydroxylation is 1. The van der Waals surface area contributed by atoms with E-state index < -0.39 is 0 Å². The lowest BCUT2D eigenvalue weighted by Gasteiger charge is -2.49. The van der Waals surface area contributed by atoms with E-state index in [-0.39, 0.29) is 11.3 Å². The first-order valence-electron chi connectivity index (χ1n) is 12.2.